The number of methoxy groups -OCH3 is 1. The van der Waals surface area contributed by atoms with Crippen LogP contribution < -0.4 is 45.8 Å². The average molecular weight is 544 g/mol. The number of aliphatic hydroxyl groups excluding tert-OH is 1. The Bertz CT molecular complexity index is 1230. The zero-order chi connectivity index (χ0) is 23.1. The van der Waals surface area contributed by atoms with E-state index in [1.165, 1.54) is 11.1 Å². The standard InChI is InChI=1S/C26H30N3O5.BrH/c1-31-23-3-2-17-10-22-20-12-25-24(33-16-34-25)11-18(20)4-7-29(22)14-21(17)26(23)32-15-19(30)13-28-8-5-27-6-9-28;/h2-3,10-12,14,19,27,30H,4-9,13,15-16H2,1H3;1H/q+1;/p-1. The molecule has 0 saturated carbocycles. The third-order valence-corrected chi connectivity index (χ3v) is 6.90. The number of aromatic nitrogens is 1. The maximum absolute atomic E-state index is 10.6. The molecule has 0 spiro atoms. The number of piperazine rings is 1. The fourth-order valence-corrected chi connectivity index (χ4v) is 5.13. The van der Waals surface area contributed by atoms with Crippen molar-refractivity contribution < 1.29 is 45.6 Å². The number of ether oxygens (including phenoxy) is 4. The van der Waals surface area contributed by atoms with Crippen LogP contribution >= 0.6 is 0 Å². The van der Waals surface area contributed by atoms with Gasteiger partial charge in [0.2, 0.25) is 12.5 Å². The van der Waals surface area contributed by atoms with Gasteiger partial charge in [0, 0.05) is 45.2 Å². The minimum atomic E-state index is -0.570. The summed E-state index contributed by atoms with van der Waals surface area (Å²) in [6.45, 7) is 5.76. The smallest absolute Gasteiger partial charge is 0.231 e. The monoisotopic (exact) mass is 543 g/mol. The molecule has 2 N–H and O–H groups in total. The summed E-state index contributed by atoms with van der Waals surface area (Å²) in [5.41, 5.74) is 3.58. The third kappa shape index (κ3) is 4.65. The maximum atomic E-state index is 10.6. The Kier molecular flexibility index (Phi) is 7.02. The van der Waals surface area contributed by atoms with Crippen molar-refractivity contribution in [3.8, 4) is 34.3 Å². The van der Waals surface area contributed by atoms with Gasteiger partial charge in [0.25, 0.3) is 0 Å². The van der Waals surface area contributed by atoms with Crippen molar-refractivity contribution in [3.05, 3.63) is 42.1 Å². The van der Waals surface area contributed by atoms with Gasteiger partial charge in [-0.05, 0) is 35.2 Å². The summed E-state index contributed by atoms with van der Waals surface area (Å²) in [5, 5.41) is 16.0. The molecule has 6 rings (SSSR count). The highest BCUT2D eigenvalue weighted by Gasteiger charge is 2.29. The normalized spacial score (nSPS) is 17.3. The van der Waals surface area contributed by atoms with Crippen LogP contribution in [0.5, 0.6) is 23.0 Å². The van der Waals surface area contributed by atoms with Gasteiger partial charge >= 0.3 is 0 Å². The first-order valence-electron chi connectivity index (χ1n) is 11.9. The topological polar surface area (TPSA) is 76.3 Å². The highest BCUT2D eigenvalue weighted by atomic mass is 79.9. The van der Waals surface area contributed by atoms with Crippen molar-refractivity contribution in [2.75, 3.05) is 53.2 Å². The second-order valence-electron chi connectivity index (χ2n) is 9.08. The van der Waals surface area contributed by atoms with E-state index in [4.69, 9.17) is 18.9 Å². The Morgan fingerprint density at radius 1 is 1.14 bits per heavy atom. The number of hydrogen-bond donors (Lipinski definition) is 2. The third-order valence-electron chi connectivity index (χ3n) is 6.90. The molecule has 186 valence electrons. The van der Waals surface area contributed by atoms with E-state index in [0.29, 0.717) is 18.0 Å². The van der Waals surface area contributed by atoms with Crippen molar-refractivity contribution >= 4 is 10.8 Å². The predicted molar refractivity (Wildman–Crippen MR) is 127 cm³/mol. The number of β-amino-alcohol motifs (C(OH)–C–C–N with tert-alkyl or cyclic N) is 1. The Morgan fingerprint density at radius 3 is 2.74 bits per heavy atom. The first-order valence-corrected chi connectivity index (χ1v) is 11.9. The van der Waals surface area contributed by atoms with Crippen LogP contribution in [-0.2, 0) is 13.0 Å². The number of pyridine rings is 1. The zero-order valence-electron chi connectivity index (χ0n) is 19.8. The van der Waals surface area contributed by atoms with Gasteiger partial charge in [-0.3, -0.25) is 4.90 Å². The number of fused-ring (bicyclic) bond motifs is 5. The molecule has 1 fully saturated rings. The molecule has 4 heterocycles. The summed E-state index contributed by atoms with van der Waals surface area (Å²) in [6.07, 6.45) is 2.48. The van der Waals surface area contributed by atoms with E-state index in [9.17, 15) is 5.11 Å². The number of nitrogens with zero attached hydrogens (tertiary/aromatic N) is 2. The van der Waals surface area contributed by atoms with Crippen molar-refractivity contribution in [1.82, 2.24) is 10.2 Å². The highest BCUT2D eigenvalue weighted by molar-refractivity contribution is 5.91. The second kappa shape index (κ2) is 10.2. The summed E-state index contributed by atoms with van der Waals surface area (Å²) < 4.78 is 25.3. The SMILES string of the molecule is COc1ccc2cc3[n+](cc2c1OCC(O)CN1CCNCC1)CCc1cc2c(cc1-3)OCO2.[Br-]. The van der Waals surface area contributed by atoms with Crippen molar-refractivity contribution in [3.63, 3.8) is 0 Å². The molecule has 1 atom stereocenters. The molecule has 9 heteroatoms. The van der Waals surface area contributed by atoms with E-state index < -0.39 is 6.10 Å². The molecule has 35 heavy (non-hydrogen) atoms. The van der Waals surface area contributed by atoms with Crippen molar-refractivity contribution in [2.24, 2.45) is 0 Å². The van der Waals surface area contributed by atoms with Gasteiger partial charge in [0.1, 0.15) is 12.7 Å². The lowest BCUT2D eigenvalue weighted by molar-refractivity contribution is -0.686. The molecule has 3 aromatic rings. The summed E-state index contributed by atoms with van der Waals surface area (Å²) in [6, 6.07) is 10.4. The summed E-state index contributed by atoms with van der Waals surface area (Å²) >= 11 is 0. The summed E-state index contributed by atoms with van der Waals surface area (Å²) in [5.74, 6) is 2.96. The Balaban J connectivity index is 0.00000253. The number of aryl methyl sites for hydroxylation is 2. The van der Waals surface area contributed by atoms with Crippen LogP contribution in [-0.4, -0.2) is 69.3 Å². The van der Waals surface area contributed by atoms with Crippen LogP contribution in [0, 0.1) is 0 Å². The number of hydrogen-bond acceptors (Lipinski definition) is 7. The first kappa shape index (κ1) is 24.1. The number of halogens is 1. The molecule has 1 aromatic heterocycles. The van der Waals surface area contributed by atoms with Gasteiger partial charge in [-0.2, -0.15) is 4.57 Å². The number of benzene rings is 2. The van der Waals surface area contributed by atoms with E-state index >= 15 is 0 Å². The molecule has 3 aliphatic rings. The fraction of sp³-hybridized carbons (Fsp3) is 0.423. The van der Waals surface area contributed by atoms with Crippen molar-refractivity contribution in [2.45, 2.75) is 19.1 Å². The highest BCUT2D eigenvalue weighted by Crippen LogP contribution is 2.41. The molecule has 1 saturated heterocycles. The lowest BCUT2D eigenvalue weighted by Gasteiger charge is -2.29. The maximum Gasteiger partial charge on any atom is 0.231 e. The molecular weight excluding hydrogens is 514 g/mol. The molecule has 2 aromatic carbocycles. The van der Waals surface area contributed by atoms with E-state index in [0.717, 1.165) is 67.1 Å². The zero-order valence-corrected chi connectivity index (χ0v) is 21.3. The first-order chi connectivity index (χ1) is 16.7. The van der Waals surface area contributed by atoms with Crippen LogP contribution in [0.25, 0.3) is 22.0 Å². The summed E-state index contributed by atoms with van der Waals surface area (Å²) in [7, 11) is 1.65. The molecular formula is C26H30BrN3O5. The summed E-state index contributed by atoms with van der Waals surface area (Å²) in [4.78, 5) is 2.26. The molecule has 0 amide bonds. The largest absolute Gasteiger partial charge is 1.00 e. The number of aliphatic hydroxyl groups is 1. The minimum Gasteiger partial charge on any atom is -1.00 e. The predicted octanol–water partition coefficient (Wildman–Crippen LogP) is -1.26. The van der Waals surface area contributed by atoms with Crippen molar-refractivity contribution in [1.29, 1.82) is 0 Å². The van der Waals surface area contributed by atoms with Gasteiger partial charge in [-0.15, -0.1) is 0 Å². The van der Waals surface area contributed by atoms with Crippen LogP contribution in [0.4, 0.5) is 0 Å². The van der Waals surface area contributed by atoms with Gasteiger partial charge in [0.15, 0.2) is 35.7 Å². The molecule has 1 unspecified atom stereocenters. The van der Waals surface area contributed by atoms with Crippen LogP contribution in [0.15, 0.2) is 36.5 Å². The Hall–Kier alpha value is -2.59. The van der Waals surface area contributed by atoms with E-state index in [2.05, 4.69) is 45.2 Å². The van der Waals surface area contributed by atoms with Gasteiger partial charge in [-0.1, -0.05) is 0 Å². The lowest BCUT2D eigenvalue weighted by Crippen LogP contribution is -3.00. The molecule has 3 aliphatic heterocycles. The molecule has 8 nitrogen and oxygen atoms in total. The Labute approximate surface area is 215 Å². The molecule has 0 bridgehead atoms. The fourth-order valence-electron chi connectivity index (χ4n) is 5.13. The van der Waals surface area contributed by atoms with E-state index in [1.54, 1.807) is 7.11 Å². The van der Waals surface area contributed by atoms with Crippen LogP contribution in [0.3, 0.4) is 0 Å². The van der Waals surface area contributed by atoms with E-state index in [-0.39, 0.29) is 30.4 Å². The van der Waals surface area contributed by atoms with Gasteiger partial charge in [0.05, 0.1) is 18.1 Å². The van der Waals surface area contributed by atoms with E-state index in [1.807, 2.05) is 6.07 Å². The molecule has 0 radical (unpaired) electrons. The number of rotatable bonds is 6. The molecule has 0 aliphatic carbocycles. The average Bonchev–Trinajstić information content (AvgIpc) is 3.33. The lowest BCUT2D eigenvalue weighted by atomic mass is 9.95. The number of nitrogens with one attached hydrogen (secondary N) is 1. The van der Waals surface area contributed by atoms with Crippen LogP contribution in [0.2, 0.25) is 0 Å². The second-order valence-corrected chi connectivity index (χ2v) is 9.08. The van der Waals surface area contributed by atoms with Gasteiger partial charge < -0.3 is 46.4 Å². The quantitative estimate of drug-likeness (QED) is 0.376. The minimum absolute atomic E-state index is 0. The van der Waals surface area contributed by atoms with Crippen LogP contribution in [0.1, 0.15) is 5.56 Å². The van der Waals surface area contributed by atoms with Gasteiger partial charge in [-0.25, -0.2) is 0 Å². The Morgan fingerprint density at radius 2 is 1.94 bits per heavy atom.